The molecule has 5 atom stereocenters. The molecule has 6 nitrogen and oxygen atoms in total. The van der Waals surface area contributed by atoms with Gasteiger partial charge in [-0.05, 0) is 0 Å². The second kappa shape index (κ2) is 4.00. The molecule has 0 aromatic carbocycles. The van der Waals surface area contributed by atoms with Crippen LogP contribution in [0.15, 0.2) is 0 Å². The van der Waals surface area contributed by atoms with Crippen molar-refractivity contribution in [2.45, 2.75) is 37.1 Å². The fourth-order valence-corrected chi connectivity index (χ4v) is 1.19. The van der Waals surface area contributed by atoms with Crippen LogP contribution in [0.25, 0.3) is 0 Å². The van der Waals surface area contributed by atoms with Crippen LogP contribution in [0, 0.1) is 11.3 Å². The lowest BCUT2D eigenvalue weighted by Crippen LogP contribution is -2.57. The number of nitrogens with zero attached hydrogens (tertiary/aromatic N) is 1. The Morgan fingerprint density at radius 2 is 1.69 bits per heavy atom. The highest BCUT2D eigenvalue weighted by Gasteiger charge is 2.42. The molecule has 4 N–H and O–H groups in total. The number of hydrogen-bond donors (Lipinski definition) is 4. The SMILES string of the molecule is N#CC[C@H]1O[C@H](O)[C@@H](O)[C@@H](O)[C@@H]1O. The van der Waals surface area contributed by atoms with Crippen molar-refractivity contribution in [2.75, 3.05) is 0 Å². The molecule has 0 bridgehead atoms. The third-order valence-electron chi connectivity index (χ3n) is 1.98. The van der Waals surface area contributed by atoms with Crippen LogP contribution in [-0.2, 0) is 4.74 Å². The van der Waals surface area contributed by atoms with Gasteiger partial charge in [0.05, 0.1) is 12.5 Å². The molecule has 6 heteroatoms. The summed E-state index contributed by atoms with van der Waals surface area (Å²) in [5, 5.41) is 44.8. The van der Waals surface area contributed by atoms with E-state index >= 15 is 0 Å². The summed E-state index contributed by atoms with van der Waals surface area (Å²) in [4.78, 5) is 0. The molecule has 0 spiro atoms. The second-order valence-corrected chi connectivity index (χ2v) is 2.90. The lowest BCUT2D eigenvalue weighted by molar-refractivity contribution is -0.280. The van der Waals surface area contributed by atoms with Crippen LogP contribution >= 0.6 is 0 Å². The average molecular weight is 189 g/mol. The summed E-state index contributed by atoms with van der Waals surface area (Å²) in [5.74, 6) is 0. The number of nitriles is 1. The molecule has 0 aromatic rings. The van der Waals surface area contributed by atoms with Crippen molar-refractivity contribution >= 4 is 0 Å². The summed E-state index contributed by atoms with van der Waals surface area (Å²) in [5.41, 5.74) is 0. The number of rotatable bonds is 1. The highest BCUT2D eigenvalue weighted by atomic mass is 16.6. The van der Waals surface area contributed by atoms with Crippen LogP contribution < -0.4 is 0 Å². The van der Waals surface area contributed by atoms with Gasteiger partial charge in [-0.2, -0.15) is 5.26 Å². The zero-order chi connectivity index (χ0) is 10.0. The van der Waals surface area contributed by atoms with Crippen molar-refractivity contribution in [3.05, 3.63) is 0 Å². The van der Waals surface area contributed by atoms with E-state index in [1.54, 1.807) is 6.07 Å². The number of hydrogen-bond acceptors (Lipinski definition) is 6. The van der Waals surface area contributed by atoms with Crippen molar-refractivity contribution < 1.29 is 25.2 Å². The Kier molecular flexibility index (Phi) is 3.19. The maximum atomic E-state index is 9.26. The summed E-state index contributed by atoms with van der Waals surface area (Å²) in [7, 11) is 0. The third-order valence-corrected chi connectivity index (χ3v) is 1.98. The first-order valence-corrected chi connectivity index (χ1v) is 3.82. The first-order chi connectivity index (χ1) is 6.07. The van der Waals surface area contributed by atoms with Gasteiger partial charge >= 0.3 is 0 Å². The van der Waals surface area contributed by atoms with Gasteiger partial charge in [0.1, 0.15) is 24.4 Å². The highest BCUT2D eigenvalue weighted by molar-refractivity contribution is 4.92. The van der Waals surface area contributed by atoms with Crippen LogP contribution in [-0.4, -0.2) is 51.1 Å². The topological polar surface area (TPSA) is 114 Å². The van der Waals surface area contributed by atoms with Gasteiger partial charge in [-0.3, -0.25) is 0 Å². The lowest BCUT2D eigenvalue weighted by Gasteiger charge is -2.37. The summed E-state index contributed by atoms with van der Waals surface area (Å²) in [6, 6.07) is 1.73. The molecule has 1 aliphatic rings. The van der Waals surface area contributed by atoms with Crippen molar-refractivity contribution in [3.63, 3.8) is 0 Å². The first-order valence-electron chi connectivity index (χ1n) is 3.82. The average Bonchev–Trinajstić information content (AvgIpc) is 2.11. The van der Waals surface area contributed by atoms with Crippen LogP contribution in [0.3, 0.4) is 0 Å². The molecule has 0 aliphatic carbocycles. The summed E-state index contributed by atoms with van der Waals surface area (Å²) >= 11 is 0. The van der Waals surface area contributed by atoms with Crippen molar-refractivity contribution in [1.29, 1.82) is 5.26 Å². The Labute approximate surface area is 74.6 Å². The van der Waals surface area contributed by atoms with E-state index in [2.05, 4.69) is 0 Å². The minimum Gasteiger partial charge on any atom is -0.388 e. The summed E-state index contributed by atoms with van der Waals surface area (Å²) in [6.45, 7) is 0. The summed E-state index contributed by atoms with van der Waals surface area (Å²) < 4.78 is 4.69. The van der Waals surface area contributed by atoms with Crippen LogP contribution in [0.4, 0.5) is 0 Å². The molecule has 0 amide bonds. The number of ether oxygens (including phenoxy) is 1. The van der Waals surface area contributed by atoms with Gasteiger partial charge in [-0.25, -0.2) is 0 Å². The van der Waals surface area contributed by atoms with E-state index in [4.69, 9.17) is 25.3 Å². The molecule has 1 aliphatic heterocycles. The van der Waals surface area contributed by atoms with Gasteiger partial charge in [-0.15, -0.1) is 0 Å². The predicted molar refractivity (Wildman–Crippen MR) is 39.1 cm³/mol. The molecule has 1 saturated heterocycles. The highest BCUT2D eigenvalue weighted by Crippen LogP contribution is 2.21. The Morgan fingerprint density at radius 1 is 1.08 bits per heavy atom. The number of aliphatic hydroxyl groups excluding tert-OH is 4. The van der Waals surface area contributed by atoms with Gasteiger partial charge in [-0.1, -0.05) is 0 Å². The van der Waals surface area contributed by atoms with Crippen molar-refractivity contribution in [3.8, 4) is 6.07 Å². The zero-order valence-corrected chi connectivity index (χ0v) is 6.74. The van der Waals surface area contributed by atoms with E-state index in [1.807, 2.05) is 0 Å². The molecular formula is C7H11NO5. The maximum Gasteiger partial charge on any atom is 0.183 e. The van der Waals surface area contributed by atoms with Gasteiger partial charge in [0.2, 0.25) is 0 Å². The maximum absolute atomic E-state index is 9.26. The molecule has 0 aromatic heterocycles. The van der Waals surface area contributed by atoms with Gasteiger partial charge in [0.25, 0.3) is 0 Å². The molecule has 1 heterocycles. The molecule has 1 rings (SSSR count). The van der Waals surface area contributed by atoms with Crippen LogP contribution in [0.2, 0.25) is 0 Å². The van der Waals surface area contributed by atoms with Gasteiger partial charge in [0, 0.05) is 0 Å². The Morgan fingerprint density at radius 3 is 2.23 bits per heavy atom. The number of aliphatic hydroxyl groups is 4. The summed E-state index contributed by atoms with van der Waals surface area (Å²) in [6.07, 6.45) is -7.04. The molecule has 0 radical (unpaired) electrons. The van der Waals surface area contributed by atoms with Gasteiger partial charge in [0.15, 0.2) is 6.29 Å². The predicted octanol–water partition coefficient (Wildman–Crippen LogP) is -2.30. The fraction of sp³-hybridized carbons (Fsp3) is 0.857. The molecule has 74 valence electrons. The van der Waals surface area contributed by atoms with Crippen LogP contribution in [0.5, 0.6) is 0 Å². The molecule has 0 saturated carbocycles. The normalized spacial score (nSPS) is 45.6. The monoisotopic (exact) mass is 189 g/mol. The molecule has 13 heavy (non-hydrogen) atoms. The smallest absolute Gasteiger partial charge is 0.183 e. The largest absolute Gasteiger partial charge is 0.388 e. The standard InChI is InChI=1S/C7H11NO5/c8-2-1-3-4(9)5(10)6(11)7(12)13-3/h3-7,9-12H,1H2/t3-,4-,5+,6+,7+/m1/s1. The fourth-order valence-electron chi connectivity index (χ4n) is 1.19. The van der Waals surface area contributed by atoms with Crippen LogP contribution in [0.1, 0.15) is 6.42 Å². The molecule has 1 fully saturated rings. The Balaban J connectivity index is 2.65. The van der Waals surface area contributed by atoms with E-state index in [1.165, 1.54) is 0 Å². The molecule has 0 unspecified atom stereocenters. The minimum absolute atomic E-state index is 0.151. The third kappa shape index (κ3) is 1.96. The van der Waals surface area contributed by atoms with E-state index in [0.717, 1.165) is 0 Å². The Bertz CT molecular complexity index is 215. The lowest BCUT2D eigenvalue weighted by atomic mass is 9.97. The Hall–Kier alpha value is -0.710. The minimum atomic E-state index is -1.56. The second-order valence-electron chi connectivity index (χ2n) is 2.90. The molecular weight excluding hydrogens is 178 g/mol. The van der Waals surface area contributed by atoms with E-state index in [9.17, 15) is 5.11 Å². The van der Waals surface area contributed by atoms with E-state index in [0.29, 0.717) is 0 Å². The van der Waals surface area contributed by atoms with Crippen molar-refractivity contribution in [2.24, 2.45) is 0 Å². The van der Waals surface area contributed by atoms with Gasteiger partial charge < -0.3 is 25.2 Å². The van der Waals surface area contributed by atoms with E-state index in [-0.39, 0.29) is 6.42 Å². The zero-order valence-electron chi connectivity index (χ0n) is 6.74. The van der Waals surface area contributed by atoms with Crippen molar-refractivity contribution in [1.82, 2.24) is 0 Å². The quantitative estimate of drug-likeness (QED) is 0.369. The first kappa shape index (κ1) is 10.4. The van der Waals surface area contributed by atoms with E-state index < -0.39 is 30.7 Å².